The summed E-state index contributed by atoms with van der Waals surface area (Å²) in [7, 11) is -2.70. The largest absolute Gasteiger partial charge is 0.495 e. The molecule has 3 aromatic rings. The maximum atomic E-state index is 13.7. The lowest BCUT2D eigenvalue weighted by Crippen LogP contribution is -2.68. The molecule has 1 amide bonds. The van der Waals surface area contributed by atoms with Crippen molar-refractivity contribution in [1.82, 2.24) is 14.2 Å². The molecule has 1 aromatic heterocycles. The lowest BCUT2D eigenvalue weighted by atomic mass is 9.75. The Kier molecular flexibility index (Phi) is 9.08. The first kappa shape index (κ1) is 33.0. The second kappa shape index (κ2) is 12.9. The van der Waals surface area contributed by atoms with Crippen LogP contribution in [0.4, 0.5) is 24.5 Å². The molecule has 1 spiro atoms. The number of methoxy groups -OCH3 is 1. The molecule has 14 heteroatoms. The van der Waals surface area contributed by atoms with E-state index >= 15 is 0 Å². The molecule has 0 radical (unpaired) electrons. The third-order valence-electron chi connectivity index (χ3n) is 9.09. The van der Waals surface area contributed by atoms with Crippen molar-refractivity contribution in [1.29, 1.82) is 0 Å². The Morgan fingerprint density at radius 2 is 1.83 bits per heavy atom. The molecule has 2 saturated heterocycles. The number of carbonyl (C=O) groups is 1. The summed E-state index contributed by atoms with van der Waals surface area (Å²) in [6, 6.07) is 11.9. The maximum Gasteiger partial charge on any atom is 0.406 e. The number of aromatic nitrogens is 1. The van der Waals surface area contributed by atoms with Gasteiger partial charge in [-0.1, -0.05) is 12.0 Å². The summed E-state index contributed by atoms with van der Waals surface area (Å²) in [5.74, 6) is 5.24. The third kappa shape index (κ3) is 7.32. The minimum Gasteiger partial charge on any atom is -0.495 e. The van der Waals surface area contributed by atoms with E-state index in [0.717, 1.165) is 64.6 Å². The number of nitrogens with zero attached hydrogens (tertiary/aromatic N) is 2. The maximum absolute atomic E-state index is 13.7. The van der Waals surface area contributed by atoms with E-state index in [1.807, 2.05) is 10.8 Å². The lowest BCUT2D eigenvalue weighted by molar-refractivity contribution is -0.200. The number of sulfonamides is 1. The molecule has 2 aromatic carbocycles. The lowest BCUT2D eigenvalue weighted by Gasteiger charge is -2.58. The molecule has 3 N–H and O–H groups in total. The monoisotopic (exact) mass is 673 g/mol. The number of halogens is 3. The van der Waals surface area contributed by atoms with Crippen LogP contribution in [0, 0.1) is 17.3 Å². The van der Waals surface area contributed by atoms with Crippen molar-refractivity contribution in [3.05, 3.63) is 48.2 Å². The van der Waals surface area contributed by atoms with Crippen LogP contribution in [-0.4, -0.2) is 82.0 Å². The molecule has 2 aliphatic heterocycles. The van der Waals surface area contributed by atoms with Crippen LogP contribution >= 0.6 is 0 Å². The van der Waals surface area contributed by atoms with E-state index < -0.39 is 28.7 Å². The van der Waals surface area contributed by atoms with Crippen molar-refractivity contribution in [2.24, 2.45) is 5.41 Å². The molecular formula is C33H38F3N5O5S. The van der Waals surface area contributed by atoms with Gasteiger partial charge in [-0.15, -0.1) is 0 Å². The Morgan fingerprint density at radius 1 is 1.09 bits per heavy atom. The van der Waals surface area contributed by atoms with Gasteiger partial charge in [0.15, 0.2) is 0 Å². The van der Waals surface area contributed by atoms with E-state index in [4.69, 9.17) is 9.47 Å². The number of anilines is 2. The average molecular weight is 674 g/mol. The van der Waals surface area contributed by atoms with Crippen molar-refractivity contribution in [3.63, 3.8) is 0 Å². The molecule has 3 heterocycles. The summed E-state index contributed by atoms with van der Waals surface area (Å²) in [6.45, 7) is 3.94. The second-order valence-electron chi connectivity index (χ2n) is 12.7. The van der Waals surface area contributed by atoms with Crippen LogP contribution in [0.1, 0.15) is 38.3 Å². The summed E-state index contributed by atoms with van der Waals surface area (Å²) >= 11 is 0. The number of carbonyl (C=O) groups excluding carboxylic acids is 1. The highest BCUT2D eigenvalue weighted by Gasteiger charge is 2.50. The summed E-state index contributed by atoms with van der Waals surface area (Å²) < 4.78 is 79.6. The SMILES string of the molecule is COc1cc(S(=O)(=O)NC(C)=O)ccc1NCC#Cc1cc2c(N[C@H]3CC[C@H](N4CC5(COC5)C4)CC3)cccc2n1CC(F)(F)F. The fourth-order valence-corrected chi connectivity index (χ4v) is 7.83. The molecule has 1 aliphatic carbocycles. The van der Waals surface area contributed by atoms with Gasteiger partial charge in [0.2, 0.25) is 5.91 Å². The van der Waals surface area contributed by atoms with Crippen LogP contribution < -0.4 is 20.1 Å². The Bertz CT molecular complexity index is 1810. The van der Waals surface area contributed by atoms with E-state index in [9.17, 15) is 26.4 Å². The number of fused-ring (bicyclic) bond motifs is 1. The zero-order valence-corrected chi connectivity index (χ0v) is 27.1. The molecule has 0 bridgehead atoms. The summed E-state index contributed by atoms with van der Waals surface area (Å²) in [5.41, 5.74) is 2.29. The van der Waals surface area contributed by atoms with Crippen molar-refractivity contribution >= 4 is 38.2 Å². The van der Waals surface area contributed by atoms with Crippen LogP contribution in [0.15, 0.2) is 47.4 Å². The molecular weight excluding hydrogens is 635 g/mol. The number of hydrogen-bond donors (Lipinski definition) is 3. The predicted molar refractivity (Wildman–Crippen MR) is 172 cm³/mol. The highest BCUT2D eigenvalue weighted by molar-refractivity contribution is 7.90. The predicted octanol–water partition coefficient (Wildman–Crippen LogP) is 4.56. The summed E-state index contributed by atoms with van der Waals surface area (Å²) in [6.07, 6.45) is -0.293. The molecule has 10 nitrogen and oxygen atoms in total. The molecule has 0 unspecified atom stereocenters. The fourth-order valence-electron chi connectivity index (χ4n) is 6.82. The van der Waals surface area contributed by atoms with Gasteiger partial charge in [0.05, 0.1) is 48.7 Å². The first-order valence-corrected chi connectivity index (χ1v) is 17.0. The van der Waals surface area contributed by atoms with Crippen molar-refractivity contribution in [2.45, 2.75) is 62.3 Å². The Balaban J connectivity index is 1.15. The minimum atomic E-state index is -4.45. The van der Waals surface area contributed by atoms with Gasteiger partial charge in [-0.2, -0.15) is 13.2 Å². The molecule has 1 saturated carbocycles. The number of alkyl halides is 3. The topological polar surface area (TPSA) is 114 Å². The van der Waals surface area contributed by atoms with Gasteiger partial charge < -0.3 is 24.7 Å². The Morgan fingerprint density at radius 3 is 2.47 bits per heavy atom. The third-order valence-corrected chi connectivity index (χ3v) is 10.5. The van der Waals surface area contributed by atoms with Gasteiger partial charge in [0.25, 0.3) is 10.0 Å². The smallest absolute Gasteiger partial charge is 0.406 e. The first-order valence-electron chi connectivity index (χ1n) is 15.6. The quantitative estimate of drug-likeness (QED) is 0.284. The van der Waals surface area contributed by atoms with Gasteiger partial charge in [-0.05, 0) is 61.9 Å². The van der Waals surface area contributed by atoms with Gasteiger partial charge in [-0.3, -0.25) is 9.69 Å². The number of hydrogen-bond acceptors (Lipinski definition) is 8. The van der Waals surface area contributed by atoms with Crippen LogP contribution in [0.3, 0.4) is 0 Å². The first-order chi connectivity index (χ1) is 22.3. The number of likely N-dealkylation sites (tertiary alicyclic amines) is 1. The molecule has 47 heavy (non-hydrogen) atoms. The van der Waals surface area contributed by atoms with Crippen molar-refractivity contribution in [3.8, 4) is 17.6 Å². The normalized spacial score (nSPS) is 20.9. The van der Waals surface area contributed by atoms with Crippen LogP contribution in [0.5, 0.6) is 5.75 Å². The minimum absolute atomic E-state index is 0.0429. The van der Waals surface area contributed by atoms with Crippen LogP contribution in [0.25, 0.3) is 10.9 Å². The molecule has 3 fully saturated rings. The molecule has 252 valence electrons. The zero-order valence-electron chi connectivity index (χ0n) is 26.2. The van der Waals surface area contributed by atoms with Gasteiger partial charge in [-0.25, -0.2) is 13.1 Å². The van der Waals surface area contributed by atoms with E-state index in [1.54, 1.807) is 18.2 Å². The standard InChI is InChI=1S/C33H38F3N5O5S/c1-22(42)39-47(43,44)26-12-13-29(31(16-26)45-2)37-14-4-5-25-15-27-28(6-3-7-30(27)41(25)19-33(34,35)36)38-23-8-10-24(11-9-23)40-17-32(18-40)20-46-21-32/h3,6-7,12-13,15-16,23-24,37-38H,8-11,14,17-21H2,1-2H3,(H,39,42)/t23-,24-. The van der Waals surface area contributed by atoms with E-state index in [0.29, 0.717) is 28.0 Å². The second-order valence-corrected chi connectivity index (χ2v) is 14.4. The van der Waals surface area contributed by atoms with Gasteiger partial charge >= 0.3 is 6.18 Å². The summed E-state index contributed by atoms with van der Waals surface area (Å²) in [4.78, 5) is 13.7. The molecule has 3 aliphatic rings. The van der Waals surface area contributed by atoms with E-state index in [-0.39, 0.29) is 28.9 Å². The van der Waals surface area contributed by atoms with Crippen molar-refractivity contribution in [2.75, 3.05) is 50.6 Å². The van der Waals surface area contributed by atoms with E-state index in [1.165, 1.54) is 29.9 Å². The Labute approximate surface area is 272 Å². The molecule has 6 rings (SSSR count). The van der Waals surface area contributed by atoms with Crippen molar-refractivity contribution < 1.29 is 35.9 Å². The number of ether oxygens (including phenoxy) is 2. The highest BCUT2D eigenvalue weighted by Crippen LogP contribution is 2.41. The zero-order chi connectivity index (χ0) is 33.4. The highest BCUT2D eigenvalue weighted by atomic mass is 32.2. The number of nitrogens with one attached hydrogen (secondary N) is 3. The number of amides is 1. The van der Waals surface area contributed by atoms with Gasteiger partial charge in [0, 0.05) is 54.7 Å². The number of rotatable bonds is 9. The van der Waals surface area contributed by atoms with Crippen LogP contribution in [-0.2, 0) is 26.1 Å². The van der Waals surface area contributed by atoms with E-state index in [2.05, 4.69) is 27.4 Å². The number of benzene rings is 2. The molecule has 0 atom stereocenters. The summed E-state index contributed by atoms with van der Waals surface area (Å²) in [5, 5.41) is 7.32. The fraction of sp³-hybridized carbons (Fsp3) is 0.485. The Hall–Kier alpha value is -3.93. The van der Waals surface area contributed by atoms with Crippen LogP contribution in [0.2, 0.25) is 0 Å². The van der Waals surface area contributed by atoms with Gasteiger partial charge in [0.1, 0.15) is 12.3 Å². The average Bonchev–Trinajstić information content (AvgIpc) is 3.30.